The van der Waals surface area contributed by atoms with Gasteiger partial charge in [-0.3, -0.25) is 0 Å². The molecule has 2 atom stereocenters. The molecule has 0 aliphatic carbocycles. The van der Waals surface area contributed by atoms with Crippen LogP contribution in [-0.2, 0) is 6.42 Å². The quantitative estimate of drug-likeness (QED) is 0.806. The fourth-order valence-corrected chi connectivity index (χ4v) is 4.72. The Hall–Kier alpha value is -0.470. The van der Waals surface area contributed by atoms with Gasteiger partial charge < -0.3 is 5.32 Å². The van der Waals surface area contributed by atoms with Crippen molar-refractivity contribution in [2.45, 2.75) is 57.7 Å². The molecule has 2 rings (SSSR count). The van der Waals surface area contributed by atoms with Gasteiger partial charge in [-0.25, -0.2) is 0 Å². The molecule has 1 aromatic carbocycles. The largest absolute Gasteiger partial charge is 0.309 e. The van der Waals surface area contributed by atoms with E-state index in [1.54, 1.807) is 0 Å². The van der Waals surface area contributed by atoms with Gasteiger partial charge in [0, 0.05) is 10.8 Å². The van der Waals surface area contributed by atoms with Crippen LogP contribution in [0.3, 0.4) is 0 Å². The summed E-state index contributed by atoms with van der Waals surface area (Å²) >= 11 is 2.14. The van der Waals surface area contributed by atoms with Crippen molar-refractivity contribution in [3.63, 3.8) is 0 Å². The summed E-state index contributed by atoms with van der Waals surface area (Å²) in [5.74, 6) is 2.03. The average Bonchev–Trinajstić information content (AvgIpc) is 2.83. The second-order valence-electron chi connectivity index (χ2n) is 6.60. The lowest BCUT2D eigenvalue weighted by molar-refractivity contribution is 0.421. The third kappa shape index (κ3) is 3.79. The molecular weight excluding hydrogens is 262 g/mol. The molecule has 0 saturated carbocycles. The van der Waals surface area contributed by atoms with Crippen LogP contribution in [0.15, 0.2) is 24.3 Å². The smallest absolute Gasteiger partial charge is 0.0466 e. The number of thioether (sulfide) groups is 1. The molecule has 1 aliphatic rings. The lowest BCUT2D eigenvalue weighted by atomic mass is 9.88. The zero-order chi connectivity index (χ0) is 14.6. The first kappa shape index (κ1) is 15.9. The van der Waals surface area contributed by atoms with Crippen molar-refractivity contribution in [2.24, 2.45) is 5.92 Å². The van der Waals surface area contributed by atoms with E-state index in [9.17, 15) is 0 Å². The van der Waals surface area contributed by atoms with Crippen molar-refractivity contribution < 1.29 is 0 Å². The van der Waals surface area contributed by atoms with Crippen molar-refractivity contribution in [1.82, 2.24) is 5.32 Å². The zero-order valence-electron chi connectivity index (χ0n) is 13.4. The molecule has 1 nitrogen and oxygen atoms in total. The summed E-state index contributed by atoms with van der Waals surface area (Å²) in [6.07, 6.45) is 3.86. The molecule has 1 fully saturated rings. The summed E-state index contributed by atoms with van der Waals surface area (Å²) in [6, 6.07) is 9.72. The van der Waals surface area contributed by atoms with E-state index in [2.05, 4.69) is 69.0 Å². The predicted octanol–water partition coefficient (Wildman–Crippen LogP) is 4.82. The Morgan fingerprint density at radius 1 is 1.35 bits per heavy atom. The molecule has 2 unspecified atom stereocenters. The van der Waals surface area contributed by atoms with Crippen molar-refractivity contribution in [3.8, 4) is 0 Å². The Bertz CT molecular complexity index is 421. The molecule has 20 heavy (non-hydrogen) atoms. The number of hydrogen-bond acceptors (Lipinski definition) is 2. The highest BCUT2D eigenvalue weighted by Crippen LogP contribution is 2.46. The van der Waals surface area contributed by atoms with Crippen LogP contribution in [0.2, 0.25) is 0 Å². The first-order valence-electron chi connectivity index (χ1n) is 8.01. The van der Waals surface area contributed by atoms with Gasteiger partial charge in [-0.1, -0.05) is 45.0 Å². The second kappa shape index (κ2) is 7.00. The van der Waals surface area contributed by atoms with E-state index in [1.165, 1.54) is 36.1 Å². The molecular formula is C18H29NS. The van der Waals surface area contributed by atoms with Gasteiger partial charge in [0.05, 0.1) is 0 Å². The molecule has 112 valence electrons. The van der Waals surface area contributed by atoms with Crippen molar-refractivity contribution >= 4 is 11.8 Å². The lowest BCUT2D eigenvalue weighted by Crippen LogP contribution is -2.37. The van der Waals surface area contributed by atoms with Gasteiger partial charge in [0.25, 0.3) is 0 Å². The van der Waals surface area contributed by atoms with E-state index in [1.807, 2.05) is 0 Å². The molecule has 1 aromatic rings. The van der Waals surface area contributed by atoms with Crippen molar-refractivity contribution in [1.29, 1.82) is 0 Å². The highest BCUT2D eigenvalue weighted by molar-refractivity contribution is 8.00. The molecule has 0 radical (unpaired) electrons. The minimum atomic E-state index is 0.354. The zero-order valence-corrected chi connectivity index (χ0v) is 14.2. The molecule has 2 heteroatoms. The first-order valence-corrected chi connectivity index (χ1v) is 9.00. The van der Waals surface area contributed by atoms with Crippen LogP contribution in [0.5, 0.6) is 0 Å². The molecule has 0 aromatic heterocycles. The van der Waals surface area contributed by atoms with Gasteiger partial charge >= 0.3 is 0 Å². The van der Waals surface area contributed by atoms with Crippen LogP contribution in [0.25, 0.3) is 0 Å². The lowest BCUT2D eigenvalue weighted by Gasteiger charge is -2.34. The average molecular weight is 292 g/mol. The Kier molecular flexibility index (Phi) is 5.57. The van der Waals surface area contributed by atoms with E-state index < -0.39 is 0 Å². The second-order valence-corrected chi connectivity index (χ2v) is 8.23. The van der Waals surface area contributed by atoms with E-state index in [-0.39, 0.29) is 0 Å². The van der Waals surface area contributed by atoms with Crippen LogP contribution < -0.4 is 5.32 Å². The minimum absolute atomic E-state index is 0.354. The van der Waals surface area contributed by atoms with E-state index in [4.69, 9.17) is 0 Å². The molecule has 0 spiro atoms. The van der Waals surface area contributed by atoms with Crippen LogP contribution in [0, 0.1) is 5.92 Å². The number of rotatable bonds is 6. The highest BCUT2D eigenvalue weighted by Gasteiger charge is 2.38. The SMILES string of the molecule is CCNC(c1cccc(CC(C)C)c1)C1(C)CCCS1. The number of nitrogens with one attached hydrogen (secondary N) is 1. The van der Waals surface area contributed by atoms with E-state index in [0.717, 1.165) is 12.5 Å². The predicted molar refractivity (Wildman–Crippen MR) is 91.5 cm³/mol. The third-order valence-electron chi connectivity index (χ3n) is 4.20. The normalized spacial score (nSPS) is 24.2. The summed E-state index contributed by atoms with van der Waals surface area (Å²) in [5, 5.41) is 3.74. The number of benzene rings is 1. The molecule has 0 amide bonds. The van der Waals surface area contributed by atoms with Crippen molar-refractivity contribution in [3.05, 3.63) is 35.4 Å². The van der Waals surface area contributed by atoms with Crippen LogP contribution >= 0.6 is 11.8 Å². The summed E-state index contributed by atoms with van der Waals surface area (Å²) in [4.78, 5) is 0. The van der Waals surface area contributed by atoms with Gasteiger partial charge in [0.15, 0.2) is 0 Å². The fourth-order valence-electron chi connectivity index (χ4n) is 3.29. The van der Waals surface area contributed by atoms with Gasteiger partial charge in [-0.05, 0) is 55.5 Å². The summed E-state index contributed by atoms with van der Waals surface area (Å²) in [6.45, 7) is 10.3. The van der Waals surface area contributed by atoms with Crippen LogP contribution in [0.1, 0.15) is 57.7 Å². The molecule has 1 aliphatic heterocycles. The monoisotopic (exact) mass is 291 g/mol. The Balaban J connectivity index is 2.24. The summed E-state index contributed by atoms with van der Waals surface area (Å²) < 4.78 is 0.354. The molecule has 0 bridgehead atoms. The van der Waals surface area contributed by atoms with Gasteiger partial charge in [0.1, 0.15) is 0 Å². The van der Waals surface area contributed by atoms with Gasteiger partial charge in [-0.2, -0.15) is 11.8 Å². The van der Waals surface area contributed by atoms with Crippen LogP contribution in [-0.4, -0.2) is 17.0 Å². The maximum Gasteiger partial charge on any atom is 0.0466 e. The van der Waals surface area contributed by atoms with E-state index in [0.29, 0.717) is 10.8 Å². The molecule has 1 heterocycles. The Labute approximate surface area is 128 Å². The Morgan fingerprint density at radius 3 is 2.75 bits per heavy atom. The fraction of sp³-hybridized carbons (Fsp3) is 0.667. The standard InChI is InChI=1S/C18H29NS/c1-5-19-17(18(4)10-7-11-20-18)16-9-6-8-15(13-16)12-14(2)3/h6,8-9,13-14,17,19H,5,7,10-12H2,1-4H3. The topological polar surface area (TPSA) is 12.0 Å². The van der Waals surface area contributed by atoms with Gasteiger partial charge in [-0.15, -0.1) is 0 Å². The summed E-state index contributed by atoms with van der Waals surface area (Å²) in [5.41, 5.74) is 2.95. The van der Waals surface area contributed by atoms with E-state index >= 15 is 0 Å². The van der Waals surface area contributed by atoms with Crippen molar-refractivity contribution in [2.75, 3.05) is 12.3 Å². The maximum atomic E-state index is 3.74. The summed E-state index contributed by atoms with van der Waals surface area (Å²) in [7, 11) is 0. The number of hydrogen-bond donors (Lipinski definition) is 1. The van der Waals surface area contributed by atoms with Gasteiger partial charge in [0.2, 0.25) is 0 Å². The highest BCUT2D eigenvalue weighted by atomic mass is 32.2. The first-order chi connectivity index (χ1) is 9.55. The van der Waals surface area contributed by atoms with Crippen LogP contribution in [0.4, 0.5) is 0 Å². The molecule has 1 saturated heterocycles. The Morgan fingerprint density at radius 2 is 2.15 bits per heavy atom. The minimum Gasteiger partial charge on any atom is -0.309 e. The third-order valence-corrected chi connectivity index (χ3v) is 5.79. The molecule has 1 N–H and O–H groups in total. The maximum absolute atomic E-state index is 3.74.